The molecule has 0 spiro atoms. The number of aliphatic hydroxyl groups is 2. The number of carbonyl (C=O) groups excluding carboxylic acids is 1. The van der Waals surface area contributed by atoms with Crippen molar-refractivity contribution in [1.29, 1.82) is 0 Å². The van der Waals surface area contributed by atoms with E-state index in [-0.39, 0.29) is 12.5 Å². The van der Waals surface area contributed by atoms with Crippen LogP contribution in [0.15, 0.2) is 24.3 Å². The summed E-state index contributed by atoms with van der Waals surface area (Å²) in [4.78, 5) is 12.5. The molecular weight excluding hydrogens is 831 g/mol. The Balaban J connectivity index is 3.45. The molecule has 404 valence electrons. The number of aliphatic hydroxyl groups excluding tert-OH is 2. The van der Waals surface area contributed by atoms with Gasteiger partial charge < -0.3 is 15.5 Å². The van der Waals surface area contributed by atoms with Crippen molar-refractivity contribution in [1.82, 2.24) is 5.32 Å². The fraction of sp³-hybridized carbons (Fsp3) is 0.922. The summed E-state index contributed by atoms with van der Waals surface area (Å²) in [6.07, 6.45) is 81.0. The molecule has 4 nitrogen and oxygen atoms in total. The summed E-state index contributed by atoms with van der Waals surface area (Å²) in [6, 6.07) is -0.637. The highest BCUT2D eigenvalue weighted by Crippen LogP contribution is 2.19. The number of carbonyl (C=O) groups is 1. The fourth-order valence-electron chi connectivity index (χ4n) is 10.1. The molecule has 1 amide bonds. The molecule has 4 heteroatoms. The van der Waals surface area contributed by atoms with Gasteiger partial charge >= 0.3 is 0 Å². The lowest BCUT2D eigenvalue weighted by Gasteiger charge is -2.19. The van der Waals surface area contributed by atoms with Gasteiger partial charge in [0.15, 0.2) is 0 Å². The smallest absolute Gasteiger partial charge is 0.220 e. The molecule has 0 aliphatic heterocycles. The minimum Gasteiger partial charge on any atom is -0.394 e. The number of rotatable bonds is 59. The number of nitrogens with one attached hydrogen (secondary N) is 1. The SMILES string of the molecule is CCCCCCCCCCCCCCCCCCCCC/C=C/CC/C=C/C(O)C(CO)NC(=O)CCCCCCCCCCCCCCCCCCCCCCCCCCCCCCCCC. The highest BCUT2D eigenvalue weighted by Gasteiger charge is 2.18. The summed E-state index contributed by atoms with van der Waals surface area (Å²) < 4.78 is 0. The van der Waals surface area contributed by atoms with E-state index in [4.69, 9.17) is 0 Å². The Kier molecular flexibility index (Phi) is 59.2. The maximum Gasteiger partial charge on any atom is 0.220 e. The van der Waals surface area contributed by atoms with Gasteiger partial charge in [0.05, 0.1) is 18.8 Å². The molecule has 2 atom stereocenters. The van der Waals surface area contributed by atoms with Crippen molar-refractivity contribution in [2.75, 3.05) is 6.61 Å². The van der Waals surface area contributed by atoms with Gasteiger partial charge in [-0.15, -0.1) is 0 Å². The molecule has 0 aliphatic carbocycles. The summed E-state index contributed by atoms with van der Waals surface area (Å²) in [7, 11) is 0. The van der Waals surface area contributed by atoms with Gasteiger partial charge in [-0.05, 0) is 32.1 Å². The van der Waals surface area contributed by atoms with Gasteiger partial charge in [0.1, 0.15) is 0 Å². The third kappa shape index (κ3) is 55.8. The van der Waals surface area contributed by atoms with Crippen LogP contribution >= 0.6 is 0 Å². The Hall–Kier alpha value is -1.13. The van der Waals surface area contributed by atoms with Crippen molar-refractivity contribution >= 4 is 5.91 Å². The second-order valence-electron chi connectivity index (χ2n) is 21.8. The van der Waals surface area contributed by atoms with E-state index in [2.05, 4.69) is 31.3 Å². The molecular formula is C64H125NO3. The van der Waals surface area contributed by atoms with E-state index in [0.717, 1.165) is 32.1 Å². The predicted octanol–water partition coefficient (Wildman–Crippen LogP) is 21.0. The van der Waals surface area contributed by atoms with Crippen LogP contribution in [0.5, 0.6) is 0 Å². The minimum absolute atomic E-state index is 0.0651. The first kappa shape index (κ1) is 66.9. The Bertz CT molecular complexity index is 994. The molecule has 2 unspecified atom stereocenters. The van der Waals surface area contributed by atoms with Crippen LogP contribution in [0, 0.1) is 0 Å². The zero-order valence-electron chi connectivity index (χ0n) is 46.7. The van der Waals surface area contributed by atoms with Crippen LogP contribution in [0.1, 0.15) is 361 Å². The van der Waals surface area contributed by atoms with Crippen molar-refractivity contribution in [3.63, 3.8) is 0 Å². The first-order valence-electron chi connectivity index (χ1n) is 31.6. The van der Waals surface area contributed by atoms with Gasteiger partial charge in [-0.1, -0.05) is 346 Å². The monoisotopic (exact) mass is 956 g/mol. The van der Waals surface area contributed by atoms with Crippen LogP contribution in [0.3, 0.4) is 0 Å². The molecule has 0 aromatic rings. The number of amides is 1. The van der Waals surface area contributed by atoms with Gasteiger partial charge in [0.25, 0.3) is 0 Å². The van der Waals surface area contributed by atoms with Crippen LogP contribution < -0.4 is 5.32 Å². The minimum atomic E-state index is -0.860. The Morgan fingerprint density at radius 3 is 0.853 bits per heavy atom. The Labute approximate surface area is 428 Å². The number of hydrogen-bond acceptors (Lipinski definition) is 3. The fourth-order valence-corrected chi connectivity index (χ4v) is 10.1. The molecule has 0 bridgehead atoms. The molecule has 0 heterocycles. The van der Waals surface area contributed by atoms with Gasteiger partial charge in [-0.2, -0.15) is 0 Å². The second-order valence-corrected chi connectivity index (χ2v) is 21.8. The van der Waals surface area contributed by atoms with Gasteiger partial charge in [0.2, 0.25) is 5.91 Å². The molecule has 0 aliphatic rings. The highest BCUT2D eigenvalue weighted by atomic mass is 16.3. The highest BCUT2D eigenvalue weighted by molar-refractivity contribution is 5.76. The summed E-state index contributed by atoms with van der Waals surface area (Å²) in [5, 5.41) is 23.2. The van der Waals surface area contributed by atoms with Crippen LogP contribution in [-0.2, 0) is 4.79 Å². The quantitative estimate of drug-likeness (QED) is 0.0420. The molecule has 0 rings (SSSR count). The van der Waals surface area contributed by atoms with Crippen LogP contribution in [0.4, 0.5) is 0 Å². The van der Waals surface area contributed by atoms with E-state index in [1.807, 2.05) is 6.08 Å². The third-order valence-corrected chi connectivity index (χ3v) is 14.9. The molecule has 0 aromatic heterocycles. The van der Waals surface area contributed by atoms with Gasteiger partial charge in [-0.25, -0.2) is 0 Å². The molecule has 3 N–H and O–H groups in total. The number of allylic oxidation sites excluding steroid dienone is 3. The lowest BCUT2D eigenvalue weighted by molar-refractivity contribution is -0.123. The maximum atomic E-state index is 12.5. The average molecular weight is 957 g/mol. The lowest BCUT2D eigenvalue weighted by atomic mass is 10.0. The standard InChI is InChI=1S/C64H125NO3/c1-3-5-7-9-11-13-15-17-19-21-23-25-27-29-30-31-32-33-34-36-38-40-42-44-46-48-50-52-54-56-58-60-64(68)65-62(61-66)63(67)59-57-55-53-51-49-47-45-43-41-39-37-35-28-26-24-22-20-18-16-14-12-10-8-6-4-2/h49,51,57,59,62-63,66-67H,3-48,50,52-56,58,60-61H2,1-2H3,(H,65,68)/b51-49+,59-57+. The van der Waals surface area contributed by atoms with Gasteiger partial charge in [-0.3, -0.25) is 4.79 Å². The van der Waals surface area contributed by atoms with E-state index >= 15 is 0 Å². The number of hydrogen-bond donors (Lipinski definition) is 3. The summed E-state index contributed by atoms with van der Waals surface area (Å²) >= 11 is 0. The zero-order chi connectivity index (χ0) is 49.2. The van der Waals surface area contributed by atoms with Gasteiger partial charge in [0, 0.05) is 6.42 Å². The molecule has 0 fully saturated rings. The van der Waals surface area contributed by atoms with Crippen LogP contribution in [0.25, 0.3) is 0 Å². The van der Waals surface area contributed by atoms with Crippen molar-refractivity contribution in [2.24, 2.45) is 0 Å². The Morgan fingerprint density at radius 2 is 0.574 bits per heavy atom. The lowest BCUT2D eigenvalue weighted by Crippen LogP contribution is -2.45. The Morgan fingerprint density at radius 1 is 0.338 bits per heavy atom. The summed E-state index contributed by atoms with van der Waals surface area (Å²) in [6.45, 7) is 4.35. The predicted molar refractivity (Wildman–Crippen MR) is 304 cm³/mol. The first-order valence-corrected chi connectivity index (χ1v) is 31.6. The largest absolute Gasteiger partial charge is 0.394 e. The third-order valence-electron chi connectivity index (χ3n) is 14.9. The first-order chi connectivity index (χ1) is 33.7. The van der Waals surface area contributed by atoms with E-state index in [1.54, 1.807) is 6.08 Å². The molecule has 0 aromatic carbocycles. The topological polar surface area (TPSA) is 69.6 Å². The molecule has 68 heavy (non-hydrogen) atoms. The van der Waals surface area contributed by atoms with E-state index < -0.39 is 12.1 Å². The maximum absolute atomic E-state index is 12.5. The van der Waals surface area contributed by atoms with Crippen LogP contribution in [0.2, 0.25) is 0 Å². The van der Waals surface area contributed by atoms with Crippen molar-refractivity contribution in [3.8, 4) is 0 Å². The van der Waals surface area contributed by atoms with Crippen molar-refractivity contribution in [2.45, 2.75) is 373 Å². The summed E-state index contributed by atoms with van der Waals surface area (Å²) in [5.41, 5.74) is 0. The average Bonchev–Trinajstić information content (AvgIpc) is 3.34. The zero-order valence-corrected chi connectivity index (χ0v) is 46.7. The molecule has 0 saturated heterocycles. The van der Waals surface area contributed by atoms with Crippen LogP contribution in [-0.4, -0.2) is 34.9 Å². The summed E-state index contributed by atoms with van der Waals surface area (Å²) in [5.74, 6) is -0.0651. The van der Waals surface area contributed by atoms with E-state index in [0.29, 0.717) is 6.42 Å². The molecule has 0 saturated carbocycles. The van der Waals surface area contributed by atoms with Crippen molar-refractivity contribution in [3.05, 3.63) is 24.3 Å². The van der Waals surface area contributed by atoms with Crippen molar-refractivity contribution < 1.29 is 15.0 Å². The normalized spacial score (nSPS) is 12.8. The molecule has 0 radical (unpaired) electrons. The van der Waals surface area contributed by atoms with E-state index in [1.165, 1.54) is 308 Å². The van der Waals surface area contributed by atoms with E-state index in [9.17, 15) is 15.0 Å². The second kappa shape index (κ2) is 60.2. The number of unbranched alkanes of at least 4 members (excludes halogenated alkanes) is 50.